The zero-order valence-corrected chi connectivity index (χ0v) is 15.4. The number of amides is 1. The molecule has 2 N–H and O–H groups in total. The second-order valence-electron chi connectivity index (χ2n) is 6.26. The second-order valence-corrected chi connectivity index (χ2v) is 7.12. The first-order valence-corrected chi connectivity index (χ1v) is 8.90. The van der Waals surface area contributed by atoms with Crippen LogP contribution in [0.25, 0.3) is 21.8 Å². The smallest absolute Gasteiger partial charge is 0.249 e. The first-order chi connectivity index (χ1) is 12.1. The van der Waals surface area contributed by atoms with Gasteiger partial charge in [-0.15, -0.1) is 0 Å². The lowest BCUT2D eigenvalue weighted by Crippen LogP contribution is -2.11. The third-order valence-electron chi connectivity index (χ3n) is 4.60. The summed E-state index contributed by atoms with van der Waals surface area (Å²) in [5.41, 5.74) is 10.7. The van der Waals surface area contributed by atoms with Crippen LogP contribution in [-0.2, 0) is 6.54 Å². The molecule has 25 heavy (non-hydrogen) atoms. The molecular weight excluding hydrogens is 376 g/mol. The van der Waals surface area contributed by atoms with Gasteiger partial charge in [0.15, 0.2) is 0 Å². The lowest BCUT2D eigenvalue weighted by molar-refractivity contribution is 0.100. The summed E-state index contributed by atoms with van der Waals surface area (Å²) >= 11 is 3.63. The van der Waals surface area contributed by atoms with E-state index in [0.717, 1.165) is 26.3 Å². The Hall–Kier alpha value is -2.59. The van der Waals surface area contributed by atoms with Crippen LogP contribution in [0.5, 0.6) is 0 Å². The molecule has 1 aromatic heterocycles. The lowest BCUT2D eigenvalue weighted by atomic mass is 10.1. The van der Waals surface area contributed by atoms with Gasteiger partial charge >= 0.3 is 0 Å². The predicted molar refractivity (Wildman–Crippen MR) is 106 cm³/mol. The summed E-state index contributed by atoms with van der Waals surface area (Å²) in [4.78, 5) is 12.0. The summed E-state index contributed by atoms with van der Waals surface area (Å²) in [7, 11) is 0. The Labute approximate surface area is 154 Å². The fraction of sp³-hybridized carbons (Fsp3) is 0.0952. The number of carbonyl (C=O) groups excluding carboxylic acids is 1. The molecule has 0 aliphatic carbocycles. The van der Waals surface area contributed by atoms with E-state index in [-0.39, 0.29) is 0 Å². The van der Waals surface area contributed by atoms with Crippen LogP contribution < -0.4 is 5.73 Å². The number of nitrogens with zero attached hydrogens (tertiary/aromatic N) is 1. The maximum atomic E-state index is 12.0. The summed E-state index contributed by atoms with van der Waals surface area (Å²) in [5.74, 6) is -0.397. The van der Waals surface area contributed by atoms with E-state index in [9.17, 15) is 4.79 Å². The topological polar surface area (TPSA) is 48.0 Å². The molecule has 3 nitrogen and oxygen atoms in total. The van der Waals surface area contributed by atoms with Gasteiger partial charge in [0.25, 0.3) is 0 Å². The fourth-order valence-electron chi connectivity index (χ4n) is 3.43. The quantitative estimate of drug-likeness (QED) is 0.523. The minimum absolute atomic E-state index is 0.397. The predicted octanol–water partition coefficient (Wildman–Crippen LogP) is 5.01. The van der Waals surface area contributed by atoms with Gasteiger partial charge in [-0.3, -0.25) is 4.79 Å². The van der Waals surface area contributed by atoms with Gasteiger partial charge in [0.1, 0.15) is 0 Å². The Morgan fingerprint density at radius 3 is 2.60 bits per heavy atom. The number of halogens is 1. The molecule has 0 aliphatic heterocycles. The zero-order valence-electron chi connectivity index (χ0n) is 13.8. The largest absolute Gasteiger partial charge is 0.366 e. The maximum Gasteiger partial charge on any atom is 0.249 e. The van der Waals surface area contributed by atoms with Crippen molar-refractivity contribution in [2.24, 2.45) is 5.73 Å². The zero-order chi connectivity index (χ0) is 17.6. The minimum Gasteiger partial charge on any atom is -0.366 e. The number of aryl methyl sites for hydroxylation is 1. The van der Waals surface area contributed by atoms with E-state index in [2.05, 4.69) is 51.7 Å². The number of benzene rings is 3. The van der Waals surface area contributed by atoms with Gasteiger partial charge < -0.3 is 10.3 Å². The molecule has 0 spiro atoms. The van der Waals surface area contributed by atoms with Gasteiger partial charge in [0.05, 0.1) is 5.52 Å². The molecule has 1 amide bonds. The number of fused-ring (bicyclic) bond motifs is 3. The van der Waals surface area contributed by atoms with E-state index < -0.39 is 5.91 Å². The Bertz CT molecular complexity index is 1130. The Balaban J connectivity index is 2.08. The normalized spacial score (nSPS) is 11.3. The average molecular weight is 393 g/mol. The molecule has 1 heterocycles. The van der Waals surface area contributed by atoms with Crippen LogP contribution in [0.4, 0.5) is 0 Å². The molecule has 124 valence electrons. The van der Waals surface area contributed by atoms with Gasteiger partial charge in [-0.1, -0.05) is 52.3 Å². The highest BCUT2D eigenvalue weighted by atomic mass is 79.9. The number of rotatable bonds is 3. The first-order valence-electron chi connectivity index (χ1n) is 8.11. The molecule has 0 unspecified atom stereocenters. The summed E-state index contributed by atoms with van der Waals surface area (Å²) in [6, 6.07) is 20.3. The highest BCUT2D eigenvalue weighted by Crippen LogP contribution is 2.33. The van der Waals surface area contributed by atoms with Crippen molar-refractivity contribution < 1.29 is 4.79 Å². The van der Waals surface area contributed by atoms with Crippen molar-refractivity contribution in [3.63, 3.8) is 0 Å². The van der Waals surface area contributed by atoms with Crippen molar-refractivity contribution in [1.29, 1.82) is 0 Å². The van der Waals surface area contributed by atoms with Crippen molar-refractivity contribution in [2.75, 3.05) is 0 Å². The highest BCUT2D eigenvalue weighted by molar-refractivity contribution is 9.10. The first kappa shape index (κ1) is 15.9. The summed E-state index contributed by atoms with van der Waals surface area (Å²) in [5, 5.41) is 1.99. The molecule has 0 saturated carbocycles. The number of carbonyl (C=O) groups is 1. The van der Waals surface area contributed by atoms with Gasteiger partial charge in [-0.05, 0) is 42.3 Å². The molecular formula is C21H17BrN2O. The Morgan fingerprint density at radius 2 is 1.84 bits per heavy atom. The van der Waals surface area contributed by atoms with Gasteiger partial charge in [-0.25, -0.2) is 0 Å². The maximum absolute atomic E-state index is 12.0. The average Bonchev–Trinajstić information content (AvgIpc) is 2.90. The van der Waals surface area contributed by atoms with Crippen LogP contribution in [0.3, 0.4) is 0 Å². The van der Waals surface area contributed by atoms with Gasteiger partial charge in [0.2, 0.25) is 5.91 Å². The van der Waals surface area contributed by atoms with Crippen molar-refractivity contribution in [3.05, 3.63) is 81.8 Å². The van der Waals surface area contributed by atoms with E-state index in [1.165, 1.54) is 11.1 Å². The summed E-state index contributed by atoms with van der Waals surface area (Å²) in [6.07, 6.45) is 0. The molecule has 0 aliphatic rings. The molecule has 4 rings (SSSR count). The number of hydrogen-bond acceptors (Lipinski definition) is 1. The number of nitrogens with two attached hydrogens (primary N) is 1. The molecule has 0 bridgehead atoms. The summed E-state index contributed by atoms with van der Waals surface area (Å²) < 4.78 is 3.33. The van der Waals surface area contributed by atoms with Crippen LogP contribution in [0.2, 0.25) is 0 Å². The SMILES string of the molecule is Cc1ccc2c3c(C(N)=O)cccc3n(Cc3ccccc3Br)c2c1. The molecule has 0 radical (unpaired) electrons. The van der Waals surface area contributed by atoms with E-state index in [1.807, 2.05) is 30.3 Å². The molecule has 3 aromatic carbocycles. The standard InChI is InChI=1S/C21H17BrN2O/c1-13-9-10-15-19(11-13)24(12-14-5-2-3-7-17(14)22)18-8-4-6-16(20(15)18)21(23)25/h2-11H,12H2,1H3,(H2,23,25). The van der Waals surface area contributed by atoms with E-state index >= 15 is 0 Å². The van der Waals surface area contributed by atoms with Crippen LogP contribution in [0, 0.1) is 6.92 Å². The molecule has 4 heteroatoms. The van der Waals surface area contributed by atoms with Crippen LogP contribution in [0.1, 0.15) is 21.5 Å². The lowest BCUT2D eigenvalue weighted by Gasteiger charge is -2.10. The number of aromatic nitrogens is 1. The third kappa shape index (κ3) is 2.63. The van der Waals surface area contributed by atoms with Crippen molar-refractivity contribution in [1.82, 2.24) is 4.57 Å². The van der Waals surface area contributed by atoms with Gasteiger partial charge in [-0.2, -0.15) is 0 Å². The van der Waals surface area contributed by atoms with Crippen molar-refractivity contribution >= 4 is 43.6 Å². The third-order valence-corrected chi connectivity index (χ3v) is 5.37. The second kappa shape index (κ2) is 6.05. The monoisotopic (exact) mass is 392 g/mol. The molecule has 4 aromatic rings. The number of primary amides is 1. The Morgan fingerprint density at radius 1 is 1.04 bits per heavy atom. The van der Waals surface area contributed by atoms with E-state index in [0.29, 0.717) is 12.1 Å². The minimum atomic E-state index is -0.397. The molecule has 0 fully saturated rings. The van der Waals surface area contributed by atoms with Crippen LogP contribution in [-0.4, -0.2) is 10.5 Å². The van der Waals surface area contributed by atoms with Gasteiger partial charge in [0, 0.05) is 32.9 Å². The van der Waals surface area contributed by atoms with E-state index in [4.69, 9.17) is 5.73 Å². The van der Waals surface area contributed by atoms with E-state index in [1.54, 1.807) is 6.07 Å². The van der Waals surface area contributed by atoms with Crippen LogP contribution >= 0.6 is 15.9 Å². The highest BCUT2D eigenvalue weighted by Gasteiger charge is 2.17. The van der Waals surface area contributed by atoms with Crippen molar-refractivity contribution in [3.8, 4) is 0 Å². The molecule has 0 saturated heterocycles. The molecule has 0 atom stereocenters. The fourth-order valence-corrected chi connectivity index (χ4v) is 3.84. The van der Waals surface area contributed by atoms with Crippen LogP contribution in [0.15, 0.2) is 65.1 Å². The van der Waals surface area contributed by atoms with Crippen molar-refractivity contribution in [2.45, 2.75) is 13.5 Å². The Kier molecular flexibility index (Phi) is 3.85. The summed E-state index contributed by atoms with van der Waals surface area (Å²) in [6.45, 7) is 2.79. The number of hydrogen-bond donors (Lipinski definition) is 1.